The summed E-state index contributed by atoms with van der Waals surface area (Å²) in [4.78, 5) is 3.84. The molecule has 0 unspecified atom stereocenters. The highest BCUT2D eigenvalue weighted by molar-refractivity contribution is 7.89. The normalized spacial score (nSPS) is 11.5. The number of para-hydroxylation sites is 1. The second-order valence-electron chi connectivity index (χ2n) is 4.77. The van der Waals surface area contributed by atoms with Crippen LogP contribution in [0.5, 0.6) is 0 Å². The molecular weight excluding hydrogens is 336 g/mol. The van der Waals surface area contributed by atoms with E-state index in [0.29, 0.717) is 0 Å². The van der Waals surface area contributed by atoms with Crippen molar-refractivity contribution in [2.24, 2.45) is 0 Å². The van der Waals surface area contributed by atoms with Crippen LogP contribution >= 0.6 is 11.6 Å². The predicted molar refractivity (Wildman–Crippen MR) is 86.8 cm³/mol. The second-order valence-corrected chi connectivity index (χ2v) is 6.92. The third-order valence-corrected chi connectivity index (χ3v) is 4.74. The molecule has 0 aliphatic carbocycles. The van der Waals surface area contributed by atoms with Crippen molar-refractivity contribution in [2.75, 3.05) is 0 Å². The summed E-state index contributed by atoms with van der Waals surface area (Å²) in [5, 5.41) is 4.47. The molecule has 3 aromatic rings. The summed E-state index contributed by atoms with van der Waals surface area (Å²) in [6, 6.07) is 12.4. The molecule has 0 radical (unpaired) electrons. The summed E-state index contributed by atoms with van der Waals surface area (Å²) in [5.41, 5.74) is 1.66. The average Bonchev–Trinajstić information content (AvgIpc) is 3.03. The maximum absolute atomic E-state index is 12.2. The van der Waals surface area contributed by atoms with Gasteiger partial charge < -0.3 is 0 Å². The number of sulfonamides is 1. The number of halogens is 1. The minimum Gasteiger partial charge on any atom is -0.243 e. The van der Waals surface area contributed by atoms with Crippen molar-refractivity contribution in [2.45, 2.75) is 11.4 Å². The Hall–Kier alpha value is -2.22. The largest absolute Gasteiger partial charge is 0.243 e. The summed E-state index contributed by atoms with van der Waals surface area (Å²) in [7, 11) is -3.64. The fraction of sp³-hybridized carbons (Fsp3) is 0.0667. The molecule has 3 rings (SSSR count). The lowest BCUT2D eigenvalue weighted by Gasteiger charge is -2.05. The molecule has 0 fully saturated rings. The molecule has 0 spiro atoms. The molecule has 0 bridgehead atoms. The van der Waals surface area contributed by atoms with Crippen molar-refractivity contribution in [1.29, 1.82) is 0 Å². The number of aromatic nitrogens is 3. The van der Waals surface area contributed by atoms with Crippen LogP contribution in [0.3, 0.4) is 0 Å². The van der Waals surface area contributed by atoms with E-state index in [1.54, 1.807) is 17.1 Å². The molecule has 2 heterocycles. The lowest BCUT2D eigenvalue weighted by atomic mass is 10.3. The van der Waals surface area contributed by atoms with Crippen molar-refractivity contribution in [3.8, 4) is 5.69 Å². The van der Waals surface area contributed by atoms with Gasteiger partial charge in [0.1, 0.15) is 10.0 Å². The Labute approximate surface area is 138 Å². The van der Waals surface area contributed by atoms with Crippen molar-refractivity contribution >= 4 is 21.6 Å². The van der Waals surface area contributed by atoms with Crippen molar-refractivity contribution in [3.05, 3.63) is 71.8 Å². The summed E-state index contributed by atoms with van der Waals surface area (Å²) in [6.07, 6.45) is 4.62. The molecule has 6 nitrogen and oxygen atoms in total. The van der Waals surface area contributed by atoms with Crippen LogP contribution in [0.1, 0.15) is 5.56 Å². The fourth-order valence-corrected chi connectivity index (χ4v) is 3.03. The van der Waals surface area contributed by atoms with E-state index in [0.717, 1.165) is 11.3 Å². The molecule has 0 aliphatic rings. The number of pyridine rings is 1. The summed E-state index contributed by atoms with van der Waals surface area (Å²) in [6.45, 7) is 0.137. The lowest BCUT2D eigenvalue weighted by molar-refractivity contribution is 0.581. The van der Waals surface area contributed by atoms with E-state index in [4.69, 9.17) is 11.6 Å². The minimum atomic E-state index is -3.64. The van der Waals surface area contributed by atoms with Crippen LogP contribution in [0.2, 0.25) is 5.15 Å². The molecule has 118 valence electrons. The van der Waals surface area contributed by atoms with Crippen LogP contribution in [-0.2, 0) is 16.6 Å². The van der Waals surface area contributed by atoms with E-state index in [2.05, 4.69) is 14.8 Å². The number of hydrogen-bond acceptors (Lipinski definition) is 4. The van der Waals surface area contributed by atoms with Gasteiger partial charge in [-0.25, -0.2) is 22.8 Å². The first kappa shape index (κ1) is 15.7. The third kappa shape index (κ3) is 3.76. The van der Waals surface area contributed by atoms with E-state index in [9.17, 15) is 8.42 Å². The summed E-state index contributed by atoms with van der Waals surface area (Å²) in [5.74, 6) is 0. The molecule has 1 N–H and O–H groups in total. The lowest BCUT2D eigenvalue weighted by Crippen LogP contribution is -2.23. The Balaban J connectivity index is 1.71. The smallest absolute Gasteiger partial charge is 0.242 e. The zero-order valence-corrected chi connectivity index (χ0v) is 13.5. The Morgan fingerprint density at radius 3 is 2.57 bits per heavy atom. The van der Waals surface area contributed by atoms with E-state index in [1.165, 1.54) is 18.3 Å². The van der Waals surface area contributed by atoms with Gasteiger partial charge in [-0.3, -0.25) is 0 Å². The standard InChI is InChI=1S/C15H13ClN4O2S/c16-15-7-6-14(10-17-15)23(21,22)19-9-12-8-18-20(11-12)13-4-2-1-3-5-13/h1-8,10-11,19H,9H2. The van der Waals surface area contributed by atoms with Gasteiger partial charge >= 0.3 is 0 Å². The fourth-order valence-electron chi connectivity index (χ4n) is 1.96. The molecule has 0 saturated heterocycles. The van der Waals surface area contributed by atoms with Crippen molar-refractivity contribution < 1.29 is 8.42 Å². The highest BCUT2D eigenvalue weighted by Crippen LogP contribution is 2.12. The molecule has 2 aromatic heterocycles. The predicted octanol–water partition coefficient (Wildman–Crippen LogP) is 2.40. The average molecular weight is 349 g/mol. The van der Waals surface area contributed by atoms with Crippen LogP contribution < -0.4 is 4.72 Å². The molecule has 1 aromatic carbocycles. The molecule has 8 heteroatoms. The molecule has 0 amide bonds. The first-order chi connectivity index (χ1) is 11.0. The molecule has 0 atom stereocenters. The van der Waals surface area contributed by atoms with Gasteiger partial charge in [-0.1, -0.05) is 29.8 Å². The van der Waals surface area contributed by atoms with E-state index >= 15 is 0 Å². The Morgan fingerprint density at radius 1 is 1.09 bits per heavy atom. The maximum atomic E-state index is 12.2. The number of benzene rings is 1. The van der Waals surface area contributed by atoms with Crippen LogP contribution in [0, 0.1) is 0 Å². The third-order valence-electron chi connectivity index (χ3n) is 3.13. The Morgan fingerprint density at radius 2 is 1.87 bits per heavy atom. The van der Waals surface area contributed by atoms with Crippen molar-refractivity contribution in [1.82, 2.24) is 19.5 Å². The quantitative estimate of drug-likeness (QED) is 0.718. The zero-order valence-electron chi connectivity index (χ0n) is 11.9. The Kier molecular flexibility index (Phi) is 4.42. The highest BCUT2D eigenvalue weighted by Gasteiger charge is 2.14. The van der Waals surface area contributed by atoms with Gasteiger partial charge in [-0.05, 0) is 24.3 Å². The maximum Gasteiger partial charge on any atom is 0.242 e. The van der Waals surface area contributed by atoms with Gasteiger partial charge in [0.05, 0.1) is 11.9 Å². The topological polar surface area (TPSA) is 76.9 Å². The van der Waals surface area contributed by atoms with Gasteiger partial charge in [0.2, 0.25) is 10.0 Å². The van der Waals surface area contributed by atoms with Crippen LogP contribution in [0.15, 0.2) is 66.0 Å². The SMILES string of the molecule is O=S(=O)(NCc1cnn(-c2ccccc2)c1)c1ccc(Cl)nc1. The number of nitrogens with zero attached hydrogens (tertiary/aromatic N) is 3. The number of hydrogen-bond donors (Lipinski definition) is 1. The highest BCUT2D eigenvalue weighted by atomic mass is 35.5. The van der Waals surface area contributed by atoms with Gasteiger partial charge in [0.15, 0.2) is 0 Å². The second kappa shape index (κ2) is 6.49. The number of rotatable bonds is 5. The summed E-state index contributed by atoms with van der Waals surface area (Å²) < 4.78 is 28.5. The molecule has 0 saturated carbocycles. The van der Waals surface area contributed by atoms with Gasteiger partial charge in [0.25, 0.3) is 0 Å². The van der Waals surface area contributed by atoms with Crippen molar-refractivity contribution in [3.63, 3.8) is 0 Å². The summed E-state index contributed by atoms with van der Waals surface area (Å²) >= 11 is 5.66. The van der Waals surface area contributed by atoms with Gasteiger partial charge in [-0.2, -0.15) is 5.10 Å². The van der Waals surface area contributed by atoms with Gasteiger partial charge in [-0.15, -0.1) is 0 Å². The minimum absolute atomic E-state index is 0.0670. The first-order valence-corrected chi connectivity index (χ1v) is 8.61. The number of nitrogens with one attached hydrogen (secondary N) is 1. The molecule has 23 heavy (non-hydrogen) atoms. The first-order valence-electron chi connectivity index (χ1n) is 6.75. The molecule has 0 aliphatic heterocycles. The van der Waals surface area contributed by atoms with Crippen LogP contribution in [0.25, 0.3) is 5.69 Å². The zero-order chi connectivity index (χ0) is 16.3. The Bertz CT molecular complexity index is 893. The van der Waals surface area contributed by atoms with E-state index < -0.39 is 10.0 Å². The van der Waals surface area contributed by atoms with Gasteiger partial charge in [0, 0.05) is 24.5 Å². The van der Waals surface area contributed by atoms with Crippen LogP contribution in [0.4, 0.5) is 0 Å². The van der Waals surface area contributed by atoms with E-state index in [-0.39, 0.29) is 16.6 Å². The monoisotopic (exact) mass is 348 g/mol. The van der Waals surface area contributed by atoms with Crippen LogP contribution in [-0.4, -0.2) is 23.2 Å². The molecular formula is C15H13ClN4O2S. The van der Waals surface area contributed by atoms with E-state index in [1.807, 2.05) is 30.3 Å².